The van der Waals surface area contributed by atoms with Crippen molar-refractivity contribution in [2.45, 2.75) is 12.8 Å². The molecule has 1 atom stereocenters. The van der Waals surface area contributed by atoms with Gasteiger partial charge in [0.15, 0.2) is 0 Å². The Kier molecular flexibility index (Phi) is 4.45. The summed E-state index contributed by atoms with van der Waals surface area (Å²) in [5.41, 5.74) is -0.398. The maximum absolute atomic E-state index is 13.6. The van der Waals surface area contributed by atoms with Crippen molar-refractivity contribution < 1.29 is 13.6 Å². The summed E-state index contributed by atoms with van der Waals surface area (Å²) in [4.78, 5) is 22.6. The number of carbonyl (C=O) groups is 1. The molecule has 1 aliphatic rings. The Balaban J connectivity index is 1.70. The van der Waals surface area contributed by atoms with Gasteiger partial charge >= 0.3 is 0 Å². The largest absolute Gasteiger partial charge is 0.340 e. The smallest absolute Gasteiger partial charge is 0.229 e. The Hall–Kier alpha value is -2.57. The molecule has 0 spiro atoms. The molecule has 1 saturated heterocycles. The molecule has 0 radical (unpaired) electrons. The van der Waals surface area contributed by atoms with Gasteiger partial charge in [0.2, 0.25) is 11.9 Å². The molecule has 23 heavy (non-hydrogen) atoms. The summed E-state index contributed by atoms with van der Waals surface area (Å²) in [6.45, 7) is 1.17. The average Bonchev–Trinajstić information content (AvgIpc) is 2.59. The Bertz CT molecular complexity index is 675. The predicted molar refractivity (Wildman–Crippen MR) is 82.0 cm³/mol. The standard InChI is InChI=1S/C16H16F2N4O/c17-12-5-1-6-13(18)14(12)21-15(23)11-4-2-9-22(10-11)16-19-7-3-8-20-16/h1,3,5-8,11H,2,4,9-10H2,(H,21,23). The van der Waals surface area contributed by atoms with Crippen molar-refractivity contribution in [1.29, 1.82) is 0 Å². The van der Waals surface area contributed by atoms with Crippen LogP contribution in [0.3, 0.4) is 0 Å². The zero-order valence-electron chi connectivity index (χ0n) is 12.4. The first-order valence-electron chi connectivity index (χ1n) is 7.42. The second-order valence-corrected chi connectivity index (χ2v) is 5.42. The van der Waals surface area contributed by atoms with E-state index in [1.54, 1.807) is 18.5 Å². The molecular weight excluding hydrogens is 302 g/mol. The molecule has 0 bridgehead atoms. The zero-order valence-corrected chi connectivity index (χ0v) is 12.4. The number of benzene rings is 1. The van der Waals surface area contributed by atoms with Crippen molar-refractivity contribution in [3.8, 4) is 0 Å². The van der Waals surface area contributed by atoms with E-state index < -0.39 is 23.2 Å². The topological polar surface area (TPSA) is 58.1 Å². The predicted octanol–water partition coefficient (Wildman–Crippen LogP) is 2.61. The molecule has 0 aliphatic carbocycles. The van der Waals surface area contributed by atoms with Gasteiger partial charge in [-0.15, -0.1) is 0 Å². The molecule has 1 fully saturated rings. The molecule has 1 aromatic heterocycles. The monoisotopic (exact) mass is 318 g/mol. The number of nitrogens with one attached hydrogen (secondary N) is 1. The van der Waals surface area contributed by atoms with Crippen molar-refractivity contribution >= 4 is 17.5 Å². The highest BCUT2D eigenvalue weighted by Crippen LogP contribution is 2.23. The molecule has 2 aromatic rings. The number of amides is 1. The number of halogens is 2. The Morgan fingerprint density at radius 2 is 1.87 bits per heavy atom. The van der Waals surface area contributed by atoms with Crippen molar-refractivity contribution in [2.24, 2.45) is 5.92 Å². The number of hydrogen-bond acceptors (Lipinski definition) is 4. The van der Waals surface area contributed by atoms with E-state index in [1.807, 2.05) is 4.90 Å². The van der Waals surface area contributed by atoms with E-state index in [0.29, 0.717) is 18.9 Å². The van der Waals surface area contributed by atoms with Gasteiger partial charge in [0.05, 0.1) is 5.92 Å². The molecule has 1 unspecified atom stereocenters. The number of nitrogens with zero attached hydrogens (tertiary/aromatic N) is 3. The molecule has 0 saturated carbocycles. The van der Waals surface area contributed by atoms with Crippen LogP contribution in [0.25, 0.3) is 0 Å². The second-order valence-electron chi connectivity index (χ2n) is 5.42. The van der Waals surface area contributed by atoms with Crippen LogP contribution in [-0.2, 0) is 4.79 Å². The van der Waals surface area contributed by atoms with E-state index in [-0.39, 0.29) is 5.92 Å². The Morgan fingerprint density at radius 3 is 2.57 bits per heavy atom. The van der Waals surface area contributed by atoms with Crippen molar-refractivity contribution in [1.82, 2.24) is 9.97 Å². The molecule has 2 heterocycles. The van der Waals surface area contributed by atoms with Crippen LogP contribution in [0.15, 0.2) is 36.7 Å². The van der Waals surface area contributed by atoms with Gasteiger partial charge in [0.1, 0.15) is 17.3 Å². The molecule has 1 aromatic carbocycles. The summed E-state index contributed by atoms with van der Waals surface area (Å²) in [6.07, 6.45) is 4.73. The average molecular weight is 318 g/mol. The van der Waals surface area contributed by atoms with Crippen LogP contribution in [-0.4, -0.2) is 29.0 Å². The Morgan fingerprint density at radius 1 is 1.17 bits per heavy atom. The van der Waals surface area contributed by atoms with Gasteiger partial charge in [-0.2, -0.15) is 0 Å². The van der Waals surface area contributed by atoms with Crippen molar-refractivity contribution in [2.75, 3.05) is 23.3 Å². The van der Waals surface area contributed by atoms with Gasteiger partial charge in [-0.05, 0) is 31.0 Å². The lowest BCUT2D eigenvalue weighted by molar-refractivity contribution is -0.120. The minimum absolute atomic E-state index is 0.369. The van der Waals surface area contributed by atoms with Gasteiger partial charge in [-0.3, -0.25) is 4.79 Å². The van der Waals surface area contributed by atoms with E-state index in [0.717, 1.165) is 25.1 Å². The van der Waals surface area contributed by atoms with Crippen LogP contribution in [0.1, 0.15) is 12.8 Å². The van der Waals surface area contributed by atoms with Crippen LogP contribution < -0.4 is 10.2 Å². The third kappa shape index (κ3) is 3.44. The summed E-state index contributed by atoms with van der Waals surface area (Å²) < 4.78 is 27.3. The van der Waals surface area contributed by atoms with Gasteiger partial charge in [0, 0.05) is 25.5 Å². The minimum Gasteiger partial charge on any atom is -0.340 e. The number of para-hydroxylation sites is 1. The molecule has 1 amide bonds. The van der Waals surface area contributed by atoms with Crippen LogP contribution in [0.2, 0.25) is 0 Å². The van der Waals surface area contributed by atoms with Crippen LogP contribution in [0, 0.1) is 17.6 Å². The summed E-state index contributed by atoms with van der Waals surface area (Å²) in [6, 6.07) is 5.21. The van der Waals surface area contributed by atoms with Crippen LogP contribution >= 0.6 is 0 Å². The molecular formula is C16H16F2N4O. The van der Waals surface area contributed by atoms with E-state index >= 15 is 0 Å². The van der Waals surface area contributed by atoms with E-state index in [4.69, 9.17) is 0 Å². The first-order valence-corrected chi connectivity index (χ1v) is 7.42. The number of piperidine rings is 1. The third-order valence-electron chi connectivity index (χ3n) is 3.84. The summed E-state index contributed by atoms with van der Waals surface area (Å²) >= 11 is 0. The van der Waals surface area contributed by atoms with Gasteiger partial charge in [-0.1, -0.05) is 6.07 Å². The quantitative estimate of drug-likeness (QED) is 0.945. The first-order chi connectivity index (χ1) is 11.1. The van der Waals surface area contributed by atoms with Crippen LogP contribution in [0.4, 0.5) is 20.4 Å². The van der Waals surface area contributed by atoms with E-state index in [9.17, 15) is 13.6 Å². The normalized spacial score (nSPS) is 17.8. The molecule has 7 heteroatoms. The van der Waals surface area contributed by atoms with Gasteiger partial charge < -0.3 is 10.2 Å². The third-order valence-corrected chi connectivity index (χ3v) is 3.84. The zero-order chi connectivity index (χ0) is 16.2. The number of aromatic nitrogens is 2. The fourth-order valence-electron chi connectivity index (χ4n) is 2.67. The second kappa shape index (κ2) is 6.68. The lowest BCUT2D eigenvalue weighted by Gasteiger charge is -2.31. The van der Waals surface area contributed by atoms with Gasteiger partial charge in [-0.25, -0.2) is 18.7 Å². The minimum atomic E-state index is -0.780. The molecule has 120 valence electrons. The maximum atomic E-state index is 13.6. The van der Waals surface area contributed by atoms with Crippen molar-refractivity contribution in [3.63, 3.8) is 0 Å². The number of anilines is 2. The molecule has 1 aliphatic heterocycles. The van der Waals surface area contributed by atoms with Crippen molar-refractivity contribution in [3.05, 3.63) is 48.3 Å². The number of hydrogen-bond donors (Lipinski definition) is 1. The maximum Gasteiger partial charge on any atom is 0.229 e. The highest BCUT2D eigenvalue weighted by Gasteiger charge is 2.28. The van der Waals surface area contributed by atoms with E-state index in [2.05, 4.69) is 15.3 Å². The molecule has 1 N–H and O–H groups in total. The number of rotatable bonds is 3. The summed E-state index contributed by atoms with van der Waals surface area (Å²) in [7, 11) is 0. The lowest BCUT2D eigenvalue weighted by atomic mass is 9.97. The first kappa shape index (κ1) is 15.3. The molecule has 5 nitrogen and oxygen atoms in total. The molecule has 3 rings (SSSR count). The SMILES string of the molecule is O=C(Nc1c(F)cccc1F)C1CCCN(c2ncccn2)C1. The fourth-order valence-corrected chi connectivity index (χ4v) is 2.67. The van der Waals surface area contributed by atoms with E-state index in [1.165, 1.54) is 6.07 Å². The fraction of sp³-hybridized carbons (Fsp3) is 0.312. The van der Waals surface area contributed by atoms with Crippen LogP contribution in [0.5, 0.6) is 0 Å². The summed E-state index contributed by atoms with van der Waals surface area (Å²) in [5.74, 6) is -1.77. The number of carbonyl (C=O) groups excluding carboxylic acids is 1. The summed E-state index contributed by atoms with van der Waals surface area (Å²) in [5, 5.41) is 2.36. The van der Waals surface area contributed by atoms with Gasteiger partial charge in [0.25, 0.3) is 0 Å². The Labute approximate surface area is 132 Å². The lowest BCUT2D eigenvalue weighted by Crippen LogP contribution is -2.41. The highest BCUT2D eigenvalue weighted by atomic mass is 19.1. The highest BCUT2D eigenvalue weighted by molar-refractivity contribution is 5.93.